The number of ether oxygens (including phenoxy) is 2. The van der Waals surface area contributed by atoms with Crippen LogP contribution < -0.4 is 5.32 Å². The minimum atomic E-state index is -0.436. The van der Waals surface area contributed by atoms with E-state index in [0.717, 1.165) is 18.0 Å². The molecule has 1 aromatic heterocycles. The van der Waals surface area contributed by atoms with Crippen molar-refractivity contribution >= 4 is 11.3 Å². The Morgan fingerprint density at radius 3 is 2.76 bits per heavy atom. The van der Waals surface area contributed by atoms with Gasteiger partial charge in [-0.15, -0.1) is 11.3 Å². The molecule has 96 valence electrons. The number of thiazole rings is 1. The van der Waals surface area contributed by atoms with Gasteiger partial charge in [0, 0.05) is 17.6 Å². The van der Waals surface area contributed by atoms with Crippen LogP contribution in [0, 0.1) is 0 Å². The molecule has 0 bridgehead atoms. The Balaban J connectivity index is 1.75. The fourth-order valence-corrected chi connectivity index (χ4v) is 2.45. The van der Waals surface area contributed by atoms with Gasteiger partial charge in [-0.05, 0) is 20.3 Å². The summed E-state index contributed by atoms with van der Waals surface area (Å²) in [7, 11) is 0. The number of hydrogen-bond donors (Lipinski definition) is 1. The fraction of sp³-hybridized carbons (Fsp3) is 0.750. The van der Waals surface area contributed by atoms with Gasteiger partial charge in [0.25, 0.3) is 0 Å². The topological polar surface area (TPSA) is 43.4 Å². The first-order chi connectivity index (χ1) is 8.09. The van der Waals surface area contributed by atoms with Crippen molar-refractivity contribution in [3.8, 4) is 0 Å². The van der Waals surface area contributed by atoms with E-state index in [9.17, 15) is 0 Å². The summed E-state index contributed by atoms with van der Waals surface area (Å²) in [4.78, 5) is 5.71. The van der Waals surface area contributed by atoms with Gasteiger partial charge in [0.05, 0.1) is 19.3 Å². The maximum Gasteiger partial charge on any atom is 0.162 e. The molecular formula is C12H20N2O2S. The fourth-order valence-electron chi connectivity index (χ4n) is 1.64. The zero-order valence-corrected chi connectivity index (χ0v) is 11.5. The molecule has 0 spiro atoms. The molecule has 1 aliphatic heterocycles. The maximum atomic E-state index is 5.59. The lowest BCUT2D eigenvalue weighted by molar-refractivity contribution is -0.253. The third-order valence-corrected chi connectivity index (χ3v) is 3.90. The summed E-state index contributed by atoms with van der Waals surface area (Å²) in [5.41, 5.74) is 0. The normalized spacial score (nSPS) is 20.6. The highest BCUT2D eigenvalue weighted by Crippen LogP contribution is 2.18. The van der Waals surface area contributed by atoms with Crippen LogP contribution in [-0.2, 0) is 22.4 Å². The molecule has 1 saturated heterocycles. The average Bonchev–Trinajstić information content (AvgIpc) is 2.75. The SMILES string of the molecule is CCc1cnc(CNC2COC(C)(C)OC2)s1. The van der Waals surface area contributed by atoms with Crippen LogP contribution in [0.25, 0.3) is 0 Å². The monoisotopic (exact) mass is 256 g/mol. The first-order valence-electron chi connectivity index (χ1n) is 6.04. The Labute approximate surface area is 106 Å². The quantitative estimate of drug-likeness (QED) is 0.894. The second-order valence-corrected chi connectivity index (χ2v) is 5.87. The molecule has 2 heterocycles. The van der Waals surface area contributed by atoms with Gasteiger partial charge in [-0.25, -0.2) is 4.98 Å². The van der Waals surface area contributed by atoms with Crippen LogP contribution in [0.4, 0.5) is 0 Å². The predicted octanol–water partition coefficient (Wildman–Crippen LogP) is 1.95. The zero-order valence-electron chi connectivity index (χ0n) is 10.7. The lowest BCUT2D eigenvalue weighted by Gasteiger charge is -2.35. The average molecular weight is 256 g/mol. The molecule has 17 heavy (non-hydrogen) atoms. The summed E-state index contributed by atoms with van der Waals surface area (Å²) in [5.74, 6) is -0.436. The summed E-state index contributed by atoms with van der Waals surface area (Å²) in [5, 5.41) is 4.54. The Kier molecular flexibility index (Phi) is 4.14. The second kappa shape index (κ2) is 5.44. The van der Waals surface area contributed by atoms with Crippen molar-refractivity contribution in [1.82, 2.24) is 10.3 Å². The predicted molar refractivity (Wildman–Crippen MR) is 68.1 cm³/mol. The molecule has 0 unspecified atom stereocenters. The van der Waals surface area contributed by atoms with E-state index in [1.54, 1.807) is 11.3 Å². The van der Waals surface area contributed by atoms with Crippen LogP contribution in [0.15, 0.2) is 6.20 Å². The number of rotatable bonds is 4. The van der Waals surface area contributed by atoms with E-state index in [1.807, 2.05) is 20.0 Å². The molecule has 1 fully saturated rings. The minimum Gasteiger partial charge on any atom is -0.349 e. The molecule has 0 atom stereocenters. The third-order valence-electron chi connectivity index (χ3n) is 2.76. The maximum absolute atomic E-state index is 5.59. The molecule has 0 radical (unpaired) electrons. The molecule has 1 N–H and O–H groups in total. The van der Waals surface area contributed by atoms with Gasteiger partial charge in [0.2, 0.25) is 0 Å². The van der Waals surface area contributed by atoms with Gasteiger partial charge in [-0.3, -0.25) is 0 Å². The van der Waals surface area contributed by atoms with Crippen LogP contribution in [0.5, 0.6) is 0 Å². The van der Waals surface area contributed by atoms with Crippen molar-refractivity contribution in [3.63, 3.8) is 0 Å². The zero-order chi connectivity index (χ0) is 12.3. The summed E-state index contributed by atoms with van der Waals surface area (Å²) in [6, 6.07) is 0.261. The molecular weight excluding hydrogens is 236 g/mol. The summed E-state index contributed by atoms with van der Waals surface area (Å²) in [6.45, 7) is 8.21. The number of aromatic nitrogens is 1. The van der Waals surface area contributed by atoms with E-state index in [0.29, 0.717) is 13.2 Å². The van der Waals surface area contributed by atoms with Gasteiger partial charge in [-0.1, -0.05) is 6.92 Å². The lowest BCUT2D eigenvalue weighted by atomic mass is 10.2. The van der Waals surface area contributed by atoms with Crippen LogP contribution in [0.1, 0.15) is 30.7 Å². The first kappa shape index (κ1) is 13.0. The van der Waals surface area contributed by atoms with Crippen molar-refractivity contribution in [3.05, 3.63) is 16.1 Å². The Morgan fingerprint density at radius 2 is 2.18 bits per heavy atom. The molecule has 2 rings (SSSR count). The van der Waals surface area contributed by atoms with Crippen LogP contribution in [0.2, 0.25) is 0 Å². The Bertz CT molecular complexity index is 355. The van der Waals surface area contributed by atoms with Crippen LogP contribution in [0.3, 0.4) is 0 Å². The highest BCUT2D eigenvalue weighted by molar-refractivity contribution is 7.11. The van der Waals surface area contributed by atoms with Crippen molar-refractivity contribution in [2.24, 2.45) is 0 Å². The smallest absolute Gasteiger partial charge is 0.162 e. The Morgan fingerprint density at radius 1 is 1.47 bits per heavy atom. The number of hydrogen-bond acceptors (Lipinski definition) is 5. The molecule has 1 aromatic rings. The Hall–Kier alpha value is -0.490. The van der Waals surface area contributed by atoms with E-state index in [4.69, 9.17) is 9.47 Å². The summed E-state index contributed by atoms with van der Waals surface area (Å²) < 4.78 is 11.2. The summed E-state index contributed by atoms with van der Waals surface area (Å²) >= 11 is 1.77. The first-order valence-corrected chi connectivity index (χ1v) is 6.85. The minimum absolute atomic E-state index is 0.261. The largest absolute Gasteiger partial charge is 0.349 e. The van der Waals surface area contributed by atoms with Gasteiger partial charge in [-0.2, -0.15) is 0 Å². The van der Waals surface area contributed by atoms with Crippen molar-refractivity contribution in [2.75, 3.05) is 13.2 Å². The van der Waals surface area contributed by atoms with E-state index >= 15 is 0 Å². The van der Waals surface area contributed by atoms with E-state index in [-0.39, 0.29) is 6.04 Å². The number of nitrogens with one attached hydrogen (secondary N) is 1. The van der Waals surface area contributed by atoms with Gasteiger partial charge >= 0.3 is 0 Å². The van der Waals surface area contributed by atoms with Gasteiger partial charge in [0.15, 0.2) is 5.79 Å². The molecule has 0 amide bonds. The van der Waals surface area contributed by atoms with Crippen LogP contribution in [-0.4, -0.2) is 30.0 Å². The second-order valence-electron chi connectivity index (χ2n) is 4.67. The lowest BCUT2D eigenvalue weighted by Crippen LogP contribution is -2.48. The highest BCUT2D eigenvalue weighted by atomic mass is 32.1. The van der Waals surface area contributed by atoms with Gasteiger partial charge in [0.1, 0.15) is 5.01 Å². The molecule has 1 aliphatic rings. The highest BCUT2D eigenvalue weighted by Gasteiger charge is 2.27. The van der Waals surface area contributed by atoms with E-state index < -0.39 is 5.79 Å². The van der Waals surface area contributed by atoms with Crippen molar-refractivity contribution < 1.29 is 9.47 Å². The molecule has 4 nitrogen and oxygen atoms in total. The third kappa shape index (κ3) is 3.74. The van der Waals surface area contributed by atoms with Crippen LogP contribution >= 0.6 is 11.3 Å². The standard InChI is InChI=1S/C12H20N2O2S/c1-4-10-5-14-11(17-10)6-13-9-7-15-12(2,3)16-8-9/h5,9,13H,4,6-8H2,1-3H3. The molecule has 0 aliphatic carbocycles. The van der Waals surface area contributed by atoms with Gasteiger partial charge < -0.3 is 14.8 Å². The number of aryl methyl sites for hydroxylation is 1. The van der Waals surface area contributed by atoms with E-state index in [1.165, 1.54) is 4.88 Å². The molecule has 0 saturated carbocycles. The van der Waals surface area contributed by atoms with E-state index in [2.05, 4.69) is 17.2 Å². The summed E-state index contributed by atoms with van der Waals surface area (Å²) in [6.07, 6.45) is 3.01. The molecule has 5 heteroatoms. The number of nitrogens with zero attached hydrogens (tertiary/aromatic N) is 1. The molecule has 0 aromatic carbocycles. The van der Waals surface area contributed by atoms with Crippen molar-refractivity contribution in [1.29, 1.82) is 0 Å². The van der Waals surface area contributed by atoms with Crippen molar-refractivity contribution in [2.45, 2.75) is 45.6 Å².